The molecule has 4 nitrogen and oxygen atoms in total. The molecule has 0 saturated heterocycles. The molecule has 0 radical (unpaired) electrons. The summed E-state index contributed by atoms with van der Waals surface area (Å²) in [6.07, 6.45) is 1.31. The summed E-state index contributed by atoms with van der Waals surface area (Å²) in [7, 11) is 0. The highest BCUT2D eigenvalue weighted by Gasteiger charge is 2.15. The Labute approximate surface area is 87.7 Å². The molecule has 4 heteroatoms. The van der Waals surface area contributed by atoms with Gasteiger partial charge in [0.25, 0.3) is 0 Å². The van der Waals surface area contributed by atoms with Crippen LogP contribution in [0.3, 0.4) is 0 Å². The van der Waals surface area contributed by atoms with Gasteiger partial charge in [-0.15, -0.1) is 0 Å². The Balaban J connectivity index is 3.34. The molecule has 0 atom stereocenters. The van der Waals surface area contributed by atoms with Crippen molar-refractivity contribution in [2.75, 3.05) is 0 Å². The quantitative estimate of drug-likeness (QED) is 0.783. The monoisotopic (exact) mass is 207 g/mol. The van der Waals surface area contributed by atoms with Gasteiger partial charge in [0, 0.05) is 5.56 Å². The van der Waals surface area contributed by atoms with E-state index in [1.54, 1.807) is 6.07 Å². The van der Waals surface area contributed by atoms with E-state index in [2.05, 4.69) is 0 Å². The van der Waals surface area contributed by atoms with Crippen molar-refractivity contribution in [3.8, 4) is 0 Å². The molecule has 0 saturated carbocycles. The van der Waals surface area contributed by atoms with E-state index in [9.17, 15) is 9.59 Å². The van der Waals surface area contributed by atoms with E-state index in [-0.39, 0.29) is 5.56 Å². The standard InChI is InChI=1S/C11H13NO3/c1-2-4-7-8(10(12)13)5-3-6-9(7)11(14)15/h3,5-6H,2,4H2,1H3,(H2,12,13)(H,14,15). The summed E-state index contributed by atoms with van der Waals surface area (Å²) in [5.74, 6) is -1.61. The number of rotatable bonds is 4. The van der Waals surface area contributed by atoms with Gasteiger partial charge in [-0.25, -0.2) is 4.79 Å². The third-order valence-corrected chi connectivity index (χ3v) is 2.17. The number of amides is 1. The van der Waals surface area contributed by atoms with Gasteiger partial charge in [0.05, 0.1) is 5.56 Å². The summed E-state index contributed by atoms with van der Waals surface area (Å²) in [6.45, 7) is 1.92. The molecule has 0 aliphatic carbocycles. The number of benzene rings is 1. The van der Waals surface area contributed by atoms with E-state index < -0.39 is 11.9 Å². The van der Waals surface area contributed by atoms with E-state index in [4.69, 9.17) is 10.8 Å². The summed E-state index contributed by atoms with van der Waals surface area (Å²) >= 11 is 0. The van der Waals surface area contributed by atoms with Crippen molar-refractivity contribution in [2.45, 2.75) is 19.8 Å². The lowest BCUT2D eigenvalue weighted by Crippen LogP contribution is -2.16. The molecule has 80 valence electrons. The topological polar surface area (TPSA) is 80.4 Å². The highest BCUT2D eigenvalue weighted by molar-refractivity contribution is 5.99. The predicted molar refractivity (Wildman–Crippen MR) is 55.9 cm³/mol. The fraction of sp³-hybridized carbons (Fsp3) is 0.273. The van der Waals surface area contributed by atoms with Crippen LogP contribution in [-0.4, -0.2) is 17.0 Å². The highest BCUT2D eigenvalue weighted by Crippen LogP contribution is 2.16. The fourth-order valence-corrected chi connectivity index (χ4v) is 1.54. The summed E-state index contributed by atoms with van der Waals surface area (Å²) in [5, 5.41) is 8.95. The number of carboxylic acids is 1. The molecular formula is C11H13NO3. The number of carbonyl (C=O) groups excluding carboxylic acids is 1. The zero-order valence-corrected chi connectivity index (χ0v) is 8.49. The zero-order valence-electron chi connectivity index (χ0n) is 8.49. The molecule has 0 spiro atoms. The van der Waals surface area contributed by atoms with Crippen LogP contribution in [-0.2, 0) is 6.42 Å². The number of carbonyl (C=O) groups is 2. The van der Waals surface area contributed by atoms with E-state index in [1.807, 2.05) is 6.92 Å². The van der Waals surface area contributed by atoms with Crippen molar-refractivity contribution >= 4 is 11.9 Å². The molecular weight excluding hydrogens is 194 g/mol. The Bertz CT molecular complexity index is 367. The molecule has 0 bridgehead atoms. The van der Waals surface area contributed by atoms with Gasteiger partial charge in [0.2, 0.25) is 5.91 Å². The van der Waals surface area contributed by atoms with Gasteiger partial charge in [0.1, 0.15) is 0 Å². The van der Waals surface area contributed by atoms with Crippen LogP contribution in [0, 0.1) is 0 Å². The molecule has 3 N–H and O–H groups in total. The first-order chi connectivity index (χ1) is 7.07. The van der Waals surface area contributed by atoms with Crippen LogP contribution in [0.1, 0.15) is 39.6 Å². The summed E-state index contributed by atoms with van der Waals surface area (Å²) in [5.41, 5.74) is 6.17. The van der Waals surface area contributed by atoms with Crippen LogP contribution in [0.2, 0.25) is 0 Å². The molecule has 15 heavy (non-hydrogen) atoms. The third-order valence-electron chi connectivity index (χ3n) is 2.17. The van der Waals surface area contributed by atoms with Gasteiger partial charge in [-0.1, -0.05) is 19.4 Å². The van der Waals surface area contributed by atoms with Gasteiger partial charge >= 0.3 is 5.97 Å². The van der Waals surface area contributed by atoms with Crippen molar-refractivity contribution in [3.05, 3.63) is 34.9 Å². The van der Waals surface area contributed by atoms with Crippen LogP contribution in [0.5, 0.6) is 0 Å². The number of nitrogens with two attached hydrogens (primary N) is 1. The molecule has 0 aromatic heterocycles. The average molecular weight is 207 g/mol. The maximum Gasteiger partial charge on any atom is 0.335 e. The molecule has 0 unspecified atom stereocenters. The van der Waals surface area contributed by atoms with Crippen LogP contribution in [0.15, 0.2) is 18.2 Å². The summed E-state index contributed by atoms with van der Waals surface area (Å²) in [4.78, 5) is 22.0. The third kappa shape index (κ3) is 2.34. The Morgan fingerprint density at radius 3 is 2.40 bits per heavy atom. The zero-order chi connectivity index (χ0) is 11.4. The first-order valence-corrected chi connectivity index (χ1v) is 4.73. The second-order valence-electron chi connectivity index (χ2n) is 3.25. The molecule has 1 amide bonds. The summed E-state index contributed by atoms with van der Waals surface area (Å²) in [6, 6.07) is 4.57. The first kappa shape index (κ1) is 11.2. The van der Waals surface area contributed by atoms with Crippen LogP contribution in [0.25, 0.3) is 0 Å². The molecule has 1 aromatic rings. The van der Waals surface area contributed by atoms with Crippen LogP contribution >= 0.6 is 0 Å². The minimum atomic E-state index is -1.03. The van der Waals surface area contributed by atoms with Gasteiger partial charge < -0.3 is 10.8 Å². The Hall–Kier alpha value is -1.84. The van der Waals surface area contributed by atoms with E-state index >= 15 is 0 Å². The lowest BCUT2D eigenvalue weighted by atomic mass is 9.97. The molecule has 0 fully saturated rings. The maximum absolute atomic E-state index is 11.1. The second kappa shape index (κ2) is 4.59. The normalized spacial score (nSPS) is 9.93. The van der Waals surface area contributed by atoms with Crippen molar-refractivity contribution < 1.29 is 14.7 Å². The van der Waals surface area contributed by atoms with Gasteiger partial charge in [-0.05, 0) is 24.1 Å². The number of aromatic carboxylic acids is 1. The van der Waals surface area contributed by atoms with Crippen molar-refractivity contribution in [2.24, 2.45) is 5.73 Å². The van der Waals surface area contributed by atoms with E-state index in [0.717, 1.165) is 6.42 Å². The lowest BCUT2D eigenvalue weighted by molar-refractivity contribution is 0.0695. The van der Waals surface area contributed by atoms with E-state index in [1.165, 1.54) is 12.1 Å². The van der Waals surface area contributed by atoms with Crippen molar-refractivity contribution in [1.82, 2.24) is 0 Å². The maximum atomic E-state index is 11.1. The van der Waals surface area contributed by atoms with Gasteiger partial charge in [0.15, 0.2) is 0 Å². The number of hydrogen-bond donors (Lipinski definition) is 2. The summed E-state index contributed by atoms with van der Waals surface area (Å²) < 4.78 is 0. The first-order valence-electron chi connectivity index (χ1n) is 4.73. The molecule has 0 heterocycles. The van der Waals surface area contributed by atoms with Crippen LogP contribution in [0.4, 0.5) is 0 Å². The average Bonchev–Trinajstić information content (AvgIpc) is 2.17. The lowest BCUT2D eigenvalue weighted by Gasteiger charge is -2.08. The minimum absolute atomic E-state index is 0.160. The van der Waals surface area contributed by atoms with Crippen molar-refractivity contribution in [1.29, 1.82) is 0 Å². The Morgan fingerprint density at radius 2 is 1.93 bits per heavy atom. The van der Waals surface area contributed by atoms with Gasteiger partial charge in [-0.3, -0.25) is 4.79 Å². The highest BCUT2D eigenvalue weighted by atomic mass is 16.4. The number of hydrogen-bond acceptors (Lipinski definition) is 2. The Kier molecular flexibility index (Phi) is 3.44. The van der Waals surface area contributed by atoms with Crippen LogP contribution < -0.4 is 5.73 Å². The smallest absolute Gasteiger partial charge is 0.335 e. The van der Waals surface area contributed by atoms with Crippen molar-refractivity contribution in [3.63, 3.8) is 0 Å². The minimum Gasteiger partial charge on any atom is -0.478 e. The van der Waals surface area contributed by atoms with Gasteiger partial charge in [-0.2, -0.15) is 0 Å². The Morgan fingerprint density at radius 1 is 1.33 bits per heavy atom. The second-order valence-corrected chi connectivity index (χ2v) is 3.25. The molecule has 1 aromatic carbocycles. The fourth-order valence-electron chi connectivity index (χ4n) is 1.54. The molecule has 1 rings (SSSR count). The molecule has 0 aliphatic rings. The number of carboxylic acid groups (broad SMARTS) is 1. The van der Waals surface area contributed by atoms with E-state index in [0.29, 0.717) is 17.5 Å². The largest absolute Gasteiger partial charge is 0.478 e. The predicted octanol–water partition coefficient (Wildman–Crippen LogP) is 1.44. The number of primary amides is 1. The SMILES string of the molecule is CCCc1c(C(N)=O)cccc1C(=O)O. The molecule has 0 aliphatic heterocycles.